The van der Waals surface area contributed by atoms with Gasteiger partial charge in [-0.2, -0.15) is 0 Å². The number of likely N-dealkylation sites (tertiary alicyclic amines) is 1. The molecule has 0 radical (unpaired) electrons. The van der Waals surface area contributed by atoms with E-state index >= 15 is 0 Å². The lowest BCUT2D eigenvalue weighted by Gasteiger charge is -2.23. The fraction of sp³-hybridized carbons (Fsp3) is 0.450. The molecule has 25 heavy (non-hydrogen) atoms. The molecule has 0 aliphatic carbocycles. The molecule has 1 unspecified atom stereocenters. The van der Waals surface area contributed by atoms with Crippen molar-refractivity contribution < 1.29 is 9.59 Å². The minimum absolute atomic E-state index is 0.0327. The van der Waals surface area contributed by atoms with Crippen molar-refractivity contribution in [2.45, 2.75) is 44.9 Å². The van der Waals surface area contributed by atoms with Crippen molar-refractivity contribution in [3.63, 3.8) is 0 Å². The summed E-state index contributed by atoms with van der Waals surface area (Å²) in [4.78, 5) is 30.5. The van der Waals surface area contributed by atoms with Gasteiger partial charge in [0.15, 0.2) is 0 Å². The summed E-state index contributed by atoms with van der Waals surface area (Å²) in [6.07, 6.45) is 6.75. The van der Waals surface area contributed by atoms with Gasteiger partial charge in [-0.3, -0.25) is 4.79 Å². The quantitative estimate of drug-likeness (QED) is 0.757. The Kier molecular flexibility index (Phi) is 5.97. The van der Waals surface area contributed by atoms with Crippen LogP contribution in [0, 0.1) is 0 Å². The highest BCUT2D eigenvalue weighted by Crippen LogP contribution is 2.31. The Morgan fingerprint density at radius 3 is 2.56 bits per heavy atom. The molecule has 1 amide bonds. The second-order valence-electron chi connectivity index (χ2n) is 6.61. The second kappa shape index (κ2) is 8.39. The van der Waals surface area contributed by atoms with Crippen molar-refractivity contribution in [1.29, 1.82) is 0 Å². The minimum Gasteiger partial charge on any atom is -0.337 e. The molecule has 0 spiro atoms. The van der Waals surface area contributed by atoms with Gasteiger partial charge < -0.3 is 9.69 Å². The first-order chi connectivity index (χ1) is 12.2. The maximum absolute atomic E-state index is 12.8. The Morgan fingerprint density at radius 1 is 1.16 bits per heavy atom. The molecule has 0 bridgehead atoms. The zero-order valence-electron chi connectivity index (χ0n) is 14.6. The Hall–Kier alpha value is -2.01. The summed E-state index contributed by atoms with van der Waals surface area (Å²) in [5.41, 5.74) is 2.42. The van der Waals surface area contributed by atoms with E-state index in [1.807, 2.05) is 41.5 Å². The van der Waals surface area contributed by atoms with Crippen LogP contribution in [0.4, 0.5) is 0 Å². The zero-order chi connectivity index (χ0) is 17.6. The van der Waals surface area contributed by atoms with Crippen molar-refractivity contribution in [2.24, 2.45) is 0 Å². The number of carbonyl (C=O) groups excluding carboxylic acids is 2. The highest BCUT2D eigenvalue weighted by Gasteiger charge is 2.21. The number of amides is 1. The molecule has 1 aliphatic heterocycles. The summed E-state index contributed by atoms with van der Waals surface area (Å²) in [6, 6.07) is 7.80. The van der Waals surface area contributed by atoms with Crippen LogP contribution < -0.4 is 0 Å². The average molecular weight is 356 g/mol. The number of benzene rings is 1. The molecule has 0 N–H and O–H groups in total. The molecule has 1 aliphatic rings. The van der Waals surface area contributed by atoms with Crippen LogP contribution in [0.1, 0.15) is 61.0 Å². The van der Waals surface area contributed by atoms with E-state index < -0.39 is 0 Å². The molecule has 2 heterocycles. The molecule has 2 aromatic rings. The van der Waals surface area contributed by atoms with E-state index in [0.29, 0.717) is 5.69 Å². The zero-order valence-corrected chi connectivity index (χ0v) is 15.4. The molecule has 1 aromatic carbocycles. The van der Waals surface area contributed by atoms with E-state index in [9.17, 15) is 9.59 Å². The van der Waals surface area contributed by atoms with E-state index in [2.05, 4.69) is 4.98 Å². The Morgan fingerprint density at radius 2 is 1.84 bits per heavy atom. The third kappa shape index (κ3) is 4.15. The first-order valence-electron chi connectivity index (χ1n) is 9.00. The van der Waals surface area contributed by atoms with Crippen LogP contribution in [0.25, 0.3) is 10.6 Å². The molecule has 1 fully saturated rings. The largest absolute Gasteiger partial charge is 0.337 e. The molecule has 1 atom stereocenters. The van der Waals surface area contributed by atoms with Crippen LogP contribution in [0.5, 0.6) is 0 Å². The second-order valence-corrected chi connectivity index (χ2v) is 7.47. The summed E-state index contributed by atoms with van der Waals surface area (Å²) >= 11 is 1.47. The molecule has 4 nitrogen and oxygen atoms in total. The van der Waals surface area contributed by atoms with Crippen LogP contribution >= 0.6 is 11.3 Å². The van der Waals surface area contributed by atoms with Gasteiger partial charge in [-0.25, -0.2) is 4.98 Å². The predicted octanol–water partition coefficient (Wildman–Crippen LogP) is 4.52. The van der Waals surface area contributed by atoms with Crippen molar-refractivity contribution in [3.05, 3.63) is 40.9 Å². The van der Waals surface area contributed by atoms with Crippen LogP contribution in [0.2, 0.25) is 0 Å². The van der Waals surface area contributed by atoms with E-state index in [1.54, 1.807) is 0 Å². The first-order valence-corrected chi connectivity index (χ1v) is 9.88. The van der Waals surface area contributed by atoms with Gasteiger partial charge in [-0.05, 0) is 18.4 Å². The van der Waals surface area contributed by atoms with Gasteiger partial charge in [0.05, 0.1) is 0 Å². The molecule has 5 heteroatoms. The highest BCUT2D eigenvalue weighted by molar-refractivity contribution is 7.13. The average Bonchev–Trinajstić information content (AvgIpc) is 3.10. The molecule has 1 saturated heterocycles. The summed E-state index contributed by atoms with van der Waals surface area (Å²) < 4.78 is 0. The predicted molar refractivity (Wildman–Crippen MR) is 101 cm³/mol. The van der Waals surface area contributed by atoms with Crippen molar-refractivity contribution in [2.75, 3.05) is 13.1 Å². The van der Waals surface area contributed by atoms with E-state index in [1.165, 1.54) is 30.6 Å². The summed E-state index contributed by atoms with van der Waals surface area (Å²) in [7, 11) is 0. The van der Waals surface area contributed by atoms with Gasteiger partial charge in [0.2, 0.25) is 0 Å². The molecule has 1 aromatic heterocycles. The lowest BCUT2D eigenvalue weighted by Crippen LogP contribution is -2.34. The number of aromatic nitrogens is 1. The van der Waals surface area contributed by atoms with Gasteiger partial charge in [0, 0.05) is 30.0 Å². The minimum atomic E-state index is -0.186. The molecule has 132 valence electrons. The Labute approximate surface area is 152 Å². The third-order valence-electron chi connectivity index (χ3n) is 4.75. The first kappa shape index (κ1) is 17.8. The molecule has 3 rings (SSSR count). The van der Waals surface area contributed by atoms with Crippen molar-refractivity contribution in [1.82, 2.24) is 9.88 Å². The van der Waals surface area contributed by atoms with Gasteiger partial charge >= 0.3 is 0 Å². The van der Waals surface area contributed by atoms with Crippen LogP contribution in [-0.4, -0.2) is 35.2 Å². The number of carbonyl (C=O) groups is 2. The van der Waals surface area contributed by atoms with Crippen molar-refractivity contribution in [3.8, 4) is 10.6 Å². The van der Waals surface area contributed by atoms with E-state index in [-0.39, 0.29) is 11.8 Å². The highest BCUT2D eigenvalue weighted by atomic mass is 32.1. The number of thiazole rings is 1. The van der Waals surface area contributed by atoms with Crippen LogP contribution in [0.15, 0.2) is 29.6 Å². The fourth-order valence-corrected chi connectivity index (χ4v) is 4.11. The topological polar surface area (TPSA) is 50.3 Å². The smallest absolute Gasteiger partial charge is 0.273 e. The number of nitrogens with zero attached hydrogens (tertiary/aromatic N) is 2. The SMILES string of the molecule is CC(C=O)c1ccccc1-c1nc(C(=O)N2CCCCCCC2)cs1. The van der Waals surface area contributed by atoms with Gasteiger partial charge in [-0.15, -0.1) is 11.3 Å². The maximum Gasteiger partial charge on any atom is 0.273 e. The molecular weight excluding hydrogens is 332 g/mol. The Balaban J connectivity index is 1.83. The number of hydrogen-bond acceptors (Lipinski definition) is 4. The third-order valence-corrected chi connectivity index (χ3v) is 5.63. The summed E-state index contributed by atoms with van der Waals surface area (Å²) in [6.45, 7) is 3.53. The summed E-state index contributed by atoms with van der Waals surface area (Å²) in [5.74, 6) is -0.154. The summed E-state index contributed by atoms with van der Waals surface area (Å²) in [5, 5.41) is 2.65. The van der Waals surface area contributed by atoms with Crippen molar-refractivity contribution >= 4 is 23.5 Å². The fourth-order valence-electron chi connectivity index (χ4n) is 3.27. The molecule has 0 saturated carbocycles. The van der Waals surface area contributed by atoms with Crippen LogP contribution in [-0.2, 0) is 4.79 Å². The van der Waals surface area contributed by atoms with Gasteiger partial charge in [-0.1, -0.05) is 50.5 Å². The lowest BCUT2D eigenvalue weighted by molar-refractivity contribution is -0.108. The van der Waals surface area contributed by atoms with Crippen LogP contribution in [0.3, 0.4) is 0 Å². The van der Waals surface area contributed by atoms with E-state index in [0.717, 1.165) is 48.4 Å². The molecular formula is C20H24N2O2S. The number of aldehydes is 1. The standard InChI is InChI=1S/C20H24N2O2S/c1-15(13-23)16-9-5-6-10-17(16)19-21-18(14-25-19)20(24)22-11-7-3-2-4-8-12-22/h5-6,9-10,13-15H,2-4,7-8,11-12H2,1H3. The number of rotatable bonds is 4. The lowest BCUT2D eigenvalue weighted by atomic mass is 9.97. The monoisotopic (exact) mass is 356 g/mol. The van der Waals surface area contributed by atoms with Gasteiger partial charge in [0.1, 0.15) is 17.0 Å². The van der Waals surface area contributed by atoms with E-state index in [4.69, 9.17) is 0 Å². The maximum atomic E-state index is 12.8. The number of hydrogen-bond donors (Lipinski definition) is 0. The van der Waals surface area contributed by atoms with Gasteiger partial charge in [0.25, 0.3) is 5.91 Å². The normalized spacial score (nSPS) is 16.8. The Bertz CT molecular complexity index is 733.